The first-order valence-electron chi connectivity index (χ1n) is 9.54. The monoisotopic (exact) mass is 398 g/mol. The van der Waals surface area contributed by atoms with Gasteiger partial charge in [-0.2, -0.15) is 10.4 Å². The van der Waals surface area contributed by atoms with Crippen molar-refractivity contribution in [1.29, 1.82) is 10.8 Å². The molecule has 0 amide bonds. The van der Waals surface area contributed by atoms with Crippen molar-refractivity contribution in [2.45, 2.75) is 26.3 Å². The number of hydrogen-bond donors (Lipinski definition) is 3. The lowest BCUT2D eigenvalue weighted by Crippen LogP contribution is -2.09. The Bertz CT molecular complexity index is 1110. The molecule has 0 fully saturated rings. The van der Waals surface area contributed by atoms with E-state index in [4.69, 9.17) is 16.5 Å². The van der Waals surface area contributed by atoms with E-state index in [1.807, 2.05) is 24.3 Å². The molecule has 1 aromatic carbocycles. The topological polar surface area (TPSA) is 137 Å². The molecular weight excluding hydrogens is 376 g/mol. The van der Waals surface area contributed by atoms with Crippen LogP contribution in [-0.4, -0.2) is 15.0 Å². The number of hydrogen-bond acceptors (Lipinski definition) is 8. The van der Waals surface area contributed by atoms with Crippen LogP contribution in [0.3, 0.4) is 0 Å². The molecule has 0 aliphatic rings. The van der Waals surface area contributed by atoms with E-state index in [-0.39, 0.29) is 5.95 Å². The molecule has 0 aliphatic heterocycles. The van der Waals surface area contributed by atoms with Gasteiger partial charge in [-0.25, -0.2) is 15.5 Å². The number of nitrogens with two attached hydrogens (primary N) is 1. The number of nitrogens with zero attached hydrogens (tertiary/aromatic N) is 5. The van der Waals surface area contributed by atoms with Gasteiger partial charge in [0, 0.05) is 17.5 Å². The third-order valence-corrected chi connectivity index (χ3v) is 4.31. The summed E-state index contributed by atoms with van der Waals surface area (Å²) in [5.41, 5.74) is 17.9. The Hall–Kier alpha value is -4.12. The Morgan fingerprint density at radius 1 is 1.17 bits per heavy atom. The van der Waals surface area contributed by atoms with Crippen molar-refractivity contribution in [3.05, 3.63) is 77.4 Å². The average molecular weight is 398 g/mol. The van der Waals surface area contributed by atoms with Crippen LogP contribution < -0.4 is 11.1 Å². The minimum atomic E-state index is 0.0633. The van der Waals surface area contributed by atoms with Crippen LogP contribution in [0.25, 0.3) is 17.0 Å². The molecule has 2 aromatic heterocycles. The van der Waals surface area contributed by atoms with Gasteiger partial charge in [0.05, 0.1) is 35.3 Å². The lowest BCUT2D eigenvalue weighted by Gasteiger charge is -2.08. The number of anilines is 1. The Morgan fingerprint density at radius 2 is 1.97 bits per heavy atom. The number of nitrogen functional groups attached to an aromatic ring is 1. The Kier molecular flexibility index (Phi) is 6.79. The van der Waals surface area contributed by atoms with Crippen molar-refractivity contribution in [2.24, 2.45) is 5.11 Å². The third-order valence-electron chi connectivity index (χ3n) is 4.31. The van der Waals surface area contributed by atoms with Gasteiger partial charge in [0.25, 0.3) is 0 Å². The van der Waals surface area contributed by atoms with Gasteiger partial charge in [-0.1, -0.05) is 31.5 Å². The molecule has 0 bridgehead atoms. The van der Waals surface area contributed by atoms with Gasteiger partial charge < -0.3 is 11.1 Å². The minimum Gasteiger partial charge on any atom is -0.383 e. The number of nitriles is 1. The van der Waals surface area contributed by atoms with Gasteiger partial charge in [0.15, 0.2) is 0 Å². The zero-order valence-corrected chi connectivity index (χ0v) is 16.6. The standard InChI is InChI=1S/C22H22N8/c1-2-5-17-8-4-9-18(27-17)13-26-14-21(30-25)20-11-19(28-22(24)29-20)16-7-3-6-15(10-16)12-23/h3-4,6-11,14,25-26H,2,5,13H2,1H3,(H2,24,28,29)/b21-14-,30-25?. The zero-order valence-electron chi connectivity index (χ0n) is 16.6. The summed E-state index contributed by atoms with van der Waals surface area (Å²) in [6.07, 6.45) is 3.59. The van der Waals surface area contributed by atoms with Gasteiger partial charge in [0.1, 0.15) is 5.70 Å². The van der Waals surface area contributed by atoms with Crippen LogP contribution in [0.15, 0.2) is 59.8 Å². The molecule has 0 spiro atoms. The molecule has 4 N–H and O–H groups in total. The highest BCUT2D eigenvalue weighted by atomic mass is 15.1. The largest absolute Gasteiger partial charge is 0.383 e. The fraction of sp³-hybridized carbons (Fsp3) is 0.182. The lowest BCUT2D eigenvalue weighted by molar-refractivity contribution is 0.804. The molecule has 0 aliphatic carbocycles. The first kappa shape index (κ1) is 20.6. The van der Waals surface area contributed by atoms with Crippen LogP contribution in [0.1, 0.15) is 36.0 Å². The lowest BCUT2D eigenvalue weighted by atomic mass is 10.1. The van der Waals surface area contributed by atoms with E-state index in [2.05, 4.69) is 38.4 Å². The summed E-state index contributed by atoms with van der Waals surface area (Å²) in [5.74, 6) is 0.0633. The second kappa shape index (κ2) is 9.89. The summed E-state index contributed by atoms with van der Waals surface area (Å²) >= 11 is 0. The summed E-state index contributed by atoms with van der Waals surface area (Å²) in [7, 11) is 0. The van der Waals surface area contributed by atoms with Crippen molar-refractivity contribution < 1.29 is 0 Å². The van der Waals surface area contributed by atoms with E-state index >= 15 is 0 Å². The van der Waals surface area contributed by atoms with E-state index in [1.165, 1.54) is 0 Å². The molecule has 8 heteroatoms. The van der Waals surface area contributed by atoms with E-state index in [1.54, 1.807) is 30.5 Å². The molecular formula is C22H22N8. The molecule has 3 aromatic rings. The van der Waals surface area contributed by atoms with Crippen molar-refractivity contribution in [2.75, 3.05) is 5.73 Å². The summed E-state index contributed by atoms with van der Waals surface area (Å²) < 4.78 is 0. The summed E-state index contributed by atoms with van der Waals surface area (Å²) in [5, 5.41) is 15.8. The molecule has 8 nitrogen and oxygen atoms in total. The number of aromatic nitrogens is 3. The summed E-state index contributed by atoms with van der Waals surface area (Å²) in [4.78, 5) is 13.1. The number of nitrogens with one attached hydrogen (secondary N) is 2. The fourth-order valence-electron chi connectivity index (χ4n) is 2.93. The number of rotatable bonds is 8. The zero-order chi connectivity index (χ0) is 21.3. The first-order valence-corrected chi connectivity index (χ1v) is 9.54. The number of pyridine rings is 1. The van der Waals surface area contributed by atoms with Crippen molar-refractivity contribution in [3.8, 4) is 17.3 Å². The van der Waals surface area contributed by atoms with Crippen molar-refractivity contribution in [1.82, 2.24) is 20.3 Å². The van der Waals surface area contributed by atoms with Gasteiger partial charge in [-0.3, -0.25) is 4.98 Å². The first-order chi connectivity index (χ1) is 14.6. The predicted molar refractivity (Wildman–Crippen MR) is 115 cm³/mol. The molecule has 0 unspecified atom stereocenters. The normalized spacial score (nSPS) is 11.0. The van der Waals surface area contributed by atoms with E-state index < -0.39 is 0 Å². The molecule has 3 rings (SSSR count). The van der Waals surface area contributed by atoms with E-state index in [9.17, 15) is 0 Å². The molecule has 0 atom stereocenters. The fourth-order valence-corrected chi connectivity index (χ4v) is 2.93. The summed E-state index contributed by atoms with van der Waals surface area (Å²) in [6, 6.07) is 16.8. The molecule has 0 saturated heterocycles. The highest BCUT2D eigenvalue weighted by molar-refractivity contribution is 5.69. The Balaban J connectivity index is 1.82. The van der Waals surface area contributed by atoms with Gasteiger partial charge in [-0.15, -0.1) is 0 Å². The van der Waals surface area contributed by atoms with E-state index in [0.29, 0.717) is 29.2 Å². The van der Waals surface area contributed by atoms with Gasteiger partial charge in [-0.05, 0) is 36.8 Å². The smallest absolute Gasteiger partial charge is 0.221 e. The van der Waals surface area contributed by atoms with E-state index in [0.717, 1.165) is 29.8 Å². The molecule has 150 valence electrons. The van der Waals surface area contributed by atoms with Crippen LogP contribution in [0.5, 0.6) is 0 Å². The molecule has 0 saturated carbocycles. The molecule has 2 heterocycles. The summed E-state index contributed by atoms with van der Waals surface area (Å²) in [6.45, 7) is 2.61. The third kappa shape index (κ3) is 5.23. The number of aryl methyl sites for hydroxylation is 1. The van der Waals surface area contributed by atoms with Crippen molar-refractivity contribution in [3.63, 3.8) is 0 Å². The predicted octanol–water partition coefficient (Wildman–Crippen LogP) is 4.06. The van der Waals surface area contributed by atoms with Crippen molar-refractivity contribution >= 4 is 11.6 Å². The van der Waals surface area contributed by atoms with Gasteiger partial charge in [0.2, 0.25) is 5.95 Å². The molecule has 30 heavy (non-hydrogen) atoms. The Morgan fingerprint density at radius 3 is 2.73 bits per heavy atom. The van der Waals surface area contributed by atoms with Crippen LogP contribution in [0.2, 0.25) is 0 Å². The quantitative estimate of drug-likeness (QED) is 0.489. The van der Waals surface area contributed by atoms with Gasteiger partial charge >= 0.3 is 0 Å². The SMILES string of the molecule is CCCc1cccc(CN/C=C(\N=N)c2cc(-c3cccc(C#N)c3)nc(N)n2)n1. The second-order valence-corrected chi connectivity index (χ2v) is 6.58. The maximum absolute atomic E-state index is 9.11. The highest BCUT2D eigenvalue weighted by Crippen LogP contribution is 2.23. The highest BCUT2D eigenvalue weighted by Gasteiger charge is 2.10. The molecule has 0 radical (unpaired) electrons. The van der Waals surface area contributed by atoms with Crippen LogP contribution in [0.4, 0.5) is 5.95 Å². The van der Waals surface area contributed by atoms with Crippen LogP contribution in [0, 0.1) is 16.9 Å². The second-order valence-electron chi connectivity index (χ2n) is 6.58. The maximum atomic E-state index is 9.11. The number of benzene rings is 1. The Labute approximate surface area is 175 Å². The van der Waals surface area contributed by atoms with Crippen LogP contribution in [-0.2, 0) is 13.0 Å². The minimum absolute atomic E-state index is 0.0633. The maximum Gasteiger partial charge on any atom is 0.221 e. The average Bonchev–Trinajstić information content (AvgIpc) is 2.77. The van der Waals surface area contributed by atoms with Crippen LogP contribution >= 0.6 is 0 Å².